The zero-order chi connectivity index (χ0) is 20.1. The smallest absolute Gasteiger partial charge is 0.254 e. The van der Waals surface area contributed by atoms with Crippen molar-refractivity contribution < 1.29 is 4.79 Å². The monoisotopic (exact) mass is 487 g/mol. The Morgan fingerprint density at radius 1 is 1.00 bits per heavy atom. The quantitative estimate of drug-likeness (QED) is 0.537. The van der Waals surface area contributed by atoms with Crippen molar-refractivity contribution in [3.8, 4) is 11.3 Å². The molecule has 30 heavy (non-hydrogen) atoms. The second-order valence-corrected chi connectivity index (χ2v) is 9.33. The molecule has 3 aromatic rings. The van der Waals surface area contributed by atoms with E-state index in [0.717, 1.165) is 45.0 Å². The van der Waals surface area contributed by atoms with Crippen LogP contribution in [0.3, 0.4) is 0 Å². The first-order valence-electron chi connectivity index (χ1n) is 10.4. The van der Waals surface area contributed by atoms with Gasteiger partial charge in [-0.05, 0) is 60.3 Å². The highest BCUT2D eigenvalue weighted by atomic mass is 79.9. The van der Waals surface area contributed by atoms with Crippen molar-refractivity contribution in [2.45, 2.75) is 43.8 Å². The first kappa shape index (κ1) is 21.4. The summed E-state index contributed by atoms with van der Waals surface area (Å²) in [5.74, 6) is 0.0431. The maximum Gasteiger partial charge on any atom is 0.254 e. The van der Waals surface area contributed by atoms with E-state index in [1.165, 1.54) is 12.8 Å². The van der Waals surface area contributed by atoms with Crippen LogP contribution in [-0.4, -0.2) is 40.5 Å². The molecule has 2 aromatic carbocycles. The lowest BCUT2D eigenvalue weighted by Crippen LogP contribution is -2.48. The van der Waals surface area contributed by atoms with E-state index in [1.807, 2.05) is 37.4 Å². The molecule has 0 saturated carbocycles. The van der Waals surface area contributed by atoms with Gasteiger partial charge in [-0.15, -0.1) is 12.4 Å². The van der Waals surface area contributed by atoms with Gasteiger partial charge in [0.2, 0.25) is 0 Å². The molecule has 1 N–H and O–H groups in total. The number of benzene rings is 2. The number of carbonyl (C=O) groups excluding carboxylic acids is 1. The van der Waals surface area contributed by atoms with Crippen molar-refractivity contribution in [1.29, 1.82) is 0 Å². The molecule has 2 aliphatic heterocycles. The van der Waals surface area contributed by atoms with E-state index in [2.05, 4.69) is 56.0 Å². The van der Waals surface area contributed by atoms with Gasteiger partial charge < -0.3 is 14.8 Å². The van der Waals surface area contributed by atoms with Gasteiger partial charge in [-0.1, -0.05) is 42.5 Å². The Morgan fingerprint density at radius 2 is 1.67 bits per heavy atom. The van der Waals surface area contributed by atoms with Gasteiger partial charge in [-0.25, -0.2) is 0 Å². The minimum atomic E-state index is 0. The Hall–Kier alpha value is -1.82. The molecule has 0 unspecified atom stereocenters. The van der Waals surface area contributed by atoms with Gasteiger partial charge in [0.1, 0.15) is 0 Å². The Labute approximate surface area is 192 Å². The summed E-state index contributed by atoms with van der Waals surface area (Å²) in [6, 6.07) is 17.8. The molecule has 3 atom stereocenters. The van der Waals surface area contributed by atoms with E-state index < -0.39 is 0 Å². The zero-order valence-electron chi connectivity index (χ0n) is 17.3. The summed E-state index contributed by atoms with van der Waals surface area (Å²) >= 11 is 3.69. The van der Waals surface area contributed by atoms with Crippen LogP contribution in [-0.2, 0) is 7.05 Å². The molecule has 3 heterocycles. The number of nitrogens with one attached hydrogen (secondary N) is 1. The number of fused-ring (bicyclic) bond motifs is 3. The number of carbonyl (C=O) groups is 1. The van der Waals surface area contributed by atoms with Crippen LogP contribution >= 0.6 is 28.3 Å². The van der Waals surface area contributed by atoms with Gasteiger partial charge >= 0.3 is 0 Å². The van der Waals surface area contributed by atoms with Gasteiger partial charge in [0.25, 0.3) is 5.91 Å². The summed E-state index contributed by atoms with van der Waals surface area (Å²) in [6.45, 7) is 0. The predicted octanol–water partition coefficient (Wildman–Crippen LogP) is 5.38. The number of halogens is 2. The van der Waals surface area contributed by atoms with Gasteiger partial charge in [0.05, 0.1) is 16.8 Å². The molecule has 2 saturated heterocycles. The van der Waals surface area contributed by atoms with E-state index in [0.29, 0.717) is 12.1 Å². The summed E-state index contributed by atoms with van der Waals surface area (Å²) in [4.78, 5) is 16.1. The van der Waals surface area contributed by atoms with E-state index in [-0.39, 0.29) is 24.4 Å². The third kappa shape index (κ3) is 3.47. The maximum absolute atomic E-state index is 13.6. The third-order valence-electron chi connectivity index (χ3n) is 6.87. The average Bonchev–Trinajstić information content (AvgIpc) is 3.11. The van der Waals surface area contributed by atoms with Crippen molar-refractivity contribution >= 4 is 45.1 Å². The zero-order valence-corrected chi connectivity index (χ0v) is 19.7. The largest absolute Gasteiger partial charge is 0.349 e. The van der Waals surface area contributed by atoms with Crippen LogP contribution in [0.25, 0.3) is 22.2 Å². The lowest BCUT2D eigenvalue weighted by Gasteiger charge is -2.36. The number of aryl methyl sites for hydroxylation is 1. The normalized spacial score (nSPS) is 23.4. The predicted molar refractivity (Wildman–Crippen MR) is 128 cm³/mol. The number of rotatable bonds is 3. The van der Waals surface area contributed by atoms with Crippen LogP contribution in [0, 0.1) is 0 Å². The Bertz CT molecular complexity index is 1070. The number of amides is 1. The fourth-order valence-electron chi connectivity index (χ4n) is 5.42. The lowest BCUT2D eigenvalue weighted by molar-refractivity contribution is 0.0884. The van der Waals surface area contributed by atoms with Crippen molar-refractivity contribution in [2.75, 3.05) is 7.05 Å². The highest BCUT2D eigenvalue weighted by molar-refractivity contribution is 9.10. The fraction of sp³-hybridized carbons (Fsp3) is 0.375. The van der Waals surface area contributed by atoms with Crippen molar-refractivity contribution in [2.24, 2.45) is 7.05 Å². The van der Waals surface area contributed by atoms with Crippen molar-refractivity contribution in [3.05, 3.63) is 58.6 Å². The van der Waals surface area contributed by atoms with Crippen molar-refractivity contribution in [1.82, 2.24) is 14.8 Å². The number of piperidine rings is 1. The molecular weight excluding hydrogens is 462 g/mol. The highest BCUT2D eigenvalue weighted by Gasteiger charge is 2.39. The summed E-state index contributed by atoms with van der Waals surface area (Å²) in [5, 5.41) is 4.39. The van der Waals surface area contributed by atoms with E-state index in [1.54, 1.807) is 0 Å². The molecule has 158 valence electrons. The molecule has 2 fully saturated rings. The molecule has 1 amide bonds. The first-order chi connectivity index (χ1) is 14.0. The standard InChI is InChI=1S/C24H26BrN3O.ClH/c1-27-17-11-12-18(27)14-16(13-17)26-24(29)21-19-9-6-10-20(25)23(19)28(2)22(21)15-7-4-3-5-8-15;/h3-10,16-18H,11-14H2,1-2H3,(H,26,29);1H/t16-,17+,18-;. The highest BCUT2D eigenvalue weighted by Crippen LogP contribution is 2.38. The summed E-state index contributed by atoms with van der Waals surface area (Å²) in [5.41, 5.74) is 3.87. The lowest BCUT2D eigenvalue weighted by atomic mass is 9.97. The summed E-state index contributed by atoms with van der Waals surface area (Å²) in [6.07, 6.45) is 4.61. The molecule has 0 spiro atoms. The van der Waals surface area contributed by atoms with Crippen LogP contribution in [0.2, 0.25) is 0 Å². The Kier molecular flexibility index (Phi) is 5.97. The minimum absolute atomic E-state index is 0. The molecule has 5 rings (SSSR count). The molecule has 1 aromatic heterocycles. The minimum Gasteiger partial charge on any atom is -0.349 e. The SMILES string of the molecule is CN1[C@@H]2CC[C@H]1C[C@@H](NC(=O)c1c(-c3ccccc3)n(C)c3c(Br)cccc13)C2.Cl. The summed E-state index contributed by atoms with van der Waals surface area (Å²) < 4.78 is 3.15. The molecular formula is C24H27BrClN3O. The Morgan fingerprint density at radius 3 is 2.33 bits per heavy atom. The van der Waals surface area contributed by atoms with Gasteiger partial charge in [0.15, 0.2) is 0 Å². The second kappa shape index (κ2) is 8.37. The number of hydrogen-bond acceptors (Lipinski definition) is 2. The summed E-state index contributed by atoms with van der Waals surface area (Å²) in [7, 11) is 4.28. The number of hydrogen-bond donors (Lipinski definition) is 1. The molecule has 0 radical (unpaired) electrons. The Balaban J connectivity index is 0.00000218. The third-order valence-corrected chi connectivity index (χ3v) is 7.51. The molecule has 2 bridgehead atoms. The topological polar surface area (TPSA) is 37.3 Å². The van der Waals surface area contributed by atoms with Gasteiger partial charge in [0, 0.05) is 35.0 Å². The molecule has 2 aliphatic rings. The van der Waals surface area contributed by atoms with E-state index in [4.69, 9.17) is 0 Å². The van der Waals surface area contributed by atoms with Crippen LogP contribution in [0.15, 0.2) is 53.0 Å². The second-order valence-electron chi connectivity index (χ2n) is 8.48. The number of aromatic nitrogens is 1. The van der Waals surface area contributed by atoms with Crippen LogP contribution in [0.4, 0.5) is 0 Å². The van der Waals surface area contributed by atoms with Gasteiger partial charge in [-0.2, -0.15) is 0 Å². The van der Waals surface area contributed by atoms with Crippen molar-refractivity contribution in [3.63, 3.8) is 0 Å². The van der Waals surface area contributed by atoms with E-state index in [9.17, 15) is 4.79 Å². The maximum atomic E-state index is 13.6. The number of nitrogens with zero attached hydrogens (tertiary/aromatic N) is 2. The molecule has 0 aliphatic carbocycles. The van der Waals surface area contributed by atoms with Gasteiger partial charge in [-0.3, -0.25) is 4.79 Å². The first-order valence-corrected chi connectivity index (χ1v) is 11.2. The fourth-order valence-corrected chi connectivity index (χ4v) is 6.05. The molecule has 4 nitrogen and oxygen atoms in total. The van der Waals surface area contributed by atoms with E-state index >= 15 is 0 Å². The van der Waals surface area contributed by atoms with Crippen LogP contribution < -0.4 is 5.32 Å². The average molecular weight is 489 g/mol. The van der Waals surface area contributed by atoms with Crippen LogP contribution in [0.1, 0.15) is 36.0 Å². The molecule has 6 heteroatoms. The van der Waals surface area contributed by atoms with Crippen LogP contribution in [0.5, 0.6) is 0 Å². The number of para-hydroxylation sites is 1.